The van der Waals surface area contributed by atoms with Gasteiger partial charge in [0.05, 0.1) is 49.7 Å². The molecule has 58 heavy (non-hydrogen) atoms. The molecule has 14 nitrogen and oxygen atoms in total. The maximum Gasteiger partial charge on any atom is 0.407 e. The number of unbranched alkanes of at least 4 members (excludes halogenated alkanes) is 1. The van der Waals surface area contributed by atoms with Crippen molar-refractivity contribution in [3.8, 4) is 22.4 Å². The number of H-pyrrole nitrogens is 2. The number of nitrogens with one attached hydrogen (secondary N) is 4. The van der Waals surface area contributed by atoms with Gasteiger partial charge >= 0.3 is 12.2 Å². The molecule has 306 valence electrons. The van der Waals surface area contributed by atoms with Gasteiger partial charge in [0.2, 0.25) is 5.91 Å². The summed E-state index contributed by atoms with van der Waals surface area (Å²) in [6, 6.07) is 18.6. The standard InChI is InChI=1S/C44H54N8O6/c1-7-8-17-51(41(54)38(26(2)3)49-42(55)57-5)23-37-46-34-16-14-30(21-35(34)47-37)28-9-10-29-19-31(12-11-27(29)18-28)36-22-45-40(48-36)39-32-13-15-33(20-32)52(39)24-44(4,25-53)50-43(56)58-6/h9-12,14,16,18-19,21-22,25-26,32-33,38-39H,7-8,13,15,17,20,23-24H2,1-6H3,(H,45,48)(H,46,47)(H,49,55)(H,50,56)/t32-,33+,38-,39-,44?/m0/s1. The van der Waals surface area contributed by atoms with E-state index in [4.69, 9.17) is 19.4 Å². The van der Waals surface area contributed by atoms with Crippen LogP contribution in [0.15, 0.2) is 60.8 Å². The van der Waals surface area contributed by atoms with Gasteiger partial charge in [-0.2, -0.15) is 0 Å². The number of hydrogen-bond acceptors (Lipinski definition) is 9. The maximum absolute atomic E-state index is 13.7. The summed E-state index contributed by atoms with van der Waals surface area (Å²) in [6.45, 7) is 8.82. The molecule has 14 heteroatoms. The second-order valence-electron chi connectivity index (χ2n) is 16.3. The number of fused-ring (bicyclic) bond motifs is 4. The fourth-order valence-corrected chi connectivity index (χ4v) is 8.69. The number of piperidine rings is 1. The Morgan fingerprint density at radius 1 is 0.983 bits per heavy atom. The predicted molar refractivity (Wildman–Crippen MR) is 222 cm³/mol. The van der Waals surface area contributed by atoms with Crippen molar-refractivity contribution in [2.45, 2.75) is 90.0 Å². The highest BCUT2D eigenvalue weighted by atomic mass is 16.5. The molecule has 2 aliphatic rings. The molecule has 1 aliphatic carbocycles. The van der Waals surface area contributed by atoms with Crippen LogP contribution in [-0.2, 0) is 25.6 Å². The first-order chi connectivity index (χ1) is 27.9. The predicted octanol–water partition coefficient (Wildman–Crippen LogP) is 7.12. The molecule has 7 rings (SSSR count). The van der Waals surface area contributed by atoms with Crippen molar-refractivity contribution >= 4 is 46.2 Å². The summed E-state index contributed by atoms with van der Waals surface area (Å²) in [4.78, 5) is 70.7. The molecule has 2 fully saturated rings. The van der Waals surface area contributed by atoms with Gasteiger partial charge in [0.15, 0.2) is 0 Å². The van der Waals surface area contributed by atoms with Crippen LogP contribution in [0.3, 0.4) is 0 Å². The zero-order valence-corrected chi connectivity index (χ0v) is 34.1. The van der Waals surface area contributed by atoms with Gasteiger partial charge in [-0.25, -0.2) is 19.6 Å². The van der Waals surface area contributed by atoms with Gasteiger partial charge in [0.1, 0.15) is 29.5 Å². The number of aromatic amines is 2. The van der Waals surface area contributed by atoms with Crippen LogP contribution < -0.4 is 10.6 Å². The van der Waals surface area contributed by atoms with Crippen LogP contribution in [0.5, 0.6) is 0 Å². The zero-order valence-electron chi connectivity index (χ0n) is 34.1. The molecule has 2 aromatic heterocycles. The lowest BCUT2D eigenvalue weighted by Gasteiger charge is -2.38. The third kappa shape index (κ3) is 8.43. The number of ether oxygens (including phenoxy) is 2. The normalized spacial score (nSPS) is 19.3. The van der Waals surface area contributed by atoms with E-state index >= 15 is 0 Å². The van der Waals surface area contributed by atoms with E-state index in [1.54, 1.807) is 11.8 Å². The van der Waals surface area contributed by atoms with Crippen LogP contribution >= 0.6 is 0 Å². The minimum absolute atomic E-state index is 0.0209. The Morgan fingerprint density at radius 3 is 2.40 bits per heavy atom. The number of imidazole rings is 2. The number of carbonyl (C=O) groups is 4. The van der Waals surface area contributed by atoms with Gasteiger partial charge in [-0.3, -0.25) is 9.69 Å². The molecule has 1 saturated heterocycles. The summed E-state index contributed by atoms with van der Waals surface area (Å²) in [5.41, 5.74) is 4.65. The summed E-state index contributed by atoms with van der Waals surface area (Å²) in [7, 11) is 2.59. The molecule has 3 aromatic carbocycles. The Bertz CT molecular complexity index is 2300. The first-order valence-electron chi connectivity index (χ1n) is 20.2. The number of benzene rings is 3. The van der Waals surface area contributed by atoms with E-state index in [1.165, 1.54) is 14.2 Å². The lowest BCUT2D eigenvalue weighted by molar-refractivity contribution is -0.135. The molecule has 0 radical (unpaired) electrons. The van der Waals surface area contributed by atoms with Crippen molar-refractivity contribution in [1.29, 1.82) is 0 Å². The van der Waals surface area contributed by atoms with Crippen molar-refractivity contribution in [3.63, 3.8) is 0 Å². The fourth-order valence-electron chi connectivity index (χ4n) is 8.69. The monoisotopic (exact) mass is 790 g/mol. The Kier molecular flexibility index (Phi) is 11.8. The average molecular weight is 791 g/mol. The van der Waals surface area contributed by atoms with Gasteiger partial charge in [-0.1, -0.05) is 57.5 Å². The van der Waals surface area contributed by atoms with E-state index in [9.17, 15) is 19.2 Å². The summed E-state index contributed by atoms with van der Waals surface area (Å²) in [5, 5.41) is 7.62. The average Bonchev–Trinajstić information content (AvgIpc) is 4.05. The molecule has 1 saturated carbocycles. The number of likely N-dealkylation sites (tertiary alicyclic amines) is 1. The van der Waals surface area contributed by atoms with Crippen molar-refractivity contribution in [2.24, 2.45) is 11.8 Å². The molecule has 5 atom stereocenters. The topological polar surface area (TPSA) is 175 Å². The van der Waals surface area contributed by atoms with E-state index < -0.39 is 23.8 Å². The second kappa shape index (κ2) is 17.0. The highest BCUT2D eigenvalue weighted by Crippen LogP contribution is 2.50. The summed E-state index contributed by atoms with van der Waals surface area (Å²) < 4.78 is 9.57. The number of hydrogen-bond donors (Lipinski definition) is 4. The smallest absolute Gasteiger partial charge is 0.407 e. The van der Waals surface area contributed by atoms with Crippen molar-refractivity contribution in [3.05, 3.63) is 72.4 Å². The molecule has 1 aliphatic heterocycles. The lowest BCUT2D eigenvalue weighted by atomic mass is 9.95. The van der Waals surface area contributed by atoms with E-state index in [-0.39, 0.29) is 17.9 Å². The van der Waals surface area contributed by atoms with Crippen LogP contribution in [0, 0.1) is 11.8 Å². The molecule has 3 amide bonds. The van der Waals surface area contributed by atoms with Gasteiger partial charge in [0, 0.05) is 24.7 Å². The van der Waals surface area contributed by atoms with Crippen LogP contribution in [0.1, 0.15) is 77.5 Å². The molecule has 2 bridgehead atoms. The van der Waals surface area contributed by atoms with Gasteiger partial charge in [-0.15, -0.1) is 0 Å². The third-order valence-corrected chi connectivity index (χ3v) is 11.8. The van der Waals surface area contributed by atoms with Crippen LogP contribution in [0.2, 0.25) is 0 Å². The minimum atomic E-state index is -1.09. The summed E-state index contributed by atoms with van der Waals surface area (Å²) in [5.74, 6) is 1.68. The molecule has 3 heterocycles. The minimum Gasteiger partial charge on any atom is -0.453 e. The highest BCUT2D eigenvalue weighted by molar-refractivity contribution is 5.92. The summed E-state index contributed by atoms with van der Waals surface area (Å²) >= 11 is 0. The number of aromatic nitrogens is 4. The van der Waals surface area contributed by atoms with Gasteiger partial charge in [-0.05, 0) is 90.6 Å². The molecule has 4 N–H and O–H groups in total. The van der Waals surface area contributed by atoms with Crippen LogP contribution in [0.4, 0.5) is 9.59 Å². The van der Waals surface area contributed by atoms with Crippen molar-refractivity contribution in [1.82, 2.24) is 40.4 Å². The third-order valence-electron chi connectivity index (χ3n) is 11.8. The van der Waals surface area contributed by atoms with Crippen molar-refractivity contribution in [2.75, 3.05) is 27.3 Å². The first-order valence-corrected chi connectivity index (χ1v) is 20.2. The molecular formula is C44H54N8O6. The fraction of sp³-hybridized carbons (Fsp3) is 0.455. The number of amides is 3. The SMILES string of the molecule is CCCCN(Cc1nc2ccc(-c3ccc4cc(-c5cnc([C@@H]6[C@H]7CC[C@H](C7)N6CC(C)(C=O)NC(=O)OC)[nH]5)ccc4c3)cc2[nH]1)C(=O)[C@@H](NC(=O)OC)C(C)C. The Hall–Kier alpha value is -5.76. The number of carbonyl (C=O) groups excluding carboxylic acids is 4. The van der Waals surface area contributed by atoms with E-state index in [1.807, 2.05) is 26.1 Å². The zero-order chi connectivity index (χ0) is 41.1. The largest absolute Gasteiger partial charge is 0.453 e. The maximum atomic E-state index is 13.7. The van der Waals surface area contributed by atoms with E-state index in [0.29, 0.717) is 37.4 Å². The van der Waals surface area contributed by atoms with Crippen LogP contribution in [0.25, 0.3) is 44.2 Å². The lowest BCUT2D eigenvalue weighted by Crippen LogP contribution is -2.56. The highest BCUT2D eigenvalue weighted by Gasteiger charge is 2.50. The van der Waals surface area contributed by atoms with Crippen molar-refractivity contribution < 1.29 is 28.7 Å². The Balaban J connectivity index is 1.07. The second-order valence-corrected chi connectivity index (χ2v) is 16.3. The number of aldehydes is 1. The molecule has 0 spiro atoms. The molecule has 5 aromatic rings. The van der Waals surface area contributed by atoms with Gasteiger partial charge in [0.25, 0.3) is 0 Å². The Labute approximate surface area is 338 Å². The molecular weight excluding hydrogens is 737 g/mol. The van der Waals surface area contributed by atoms with Crippen LogP contribution in [-0.4, -0.2) is 99.0 Å². The number of methoxy groups -OCH3 is 2. The van der Waals surface area contributed by atoms with E-state index in [0.717, 1.165) is 88.4 Å². The number of nitrogens with zero attached hydrogens (tertiary/aromatic N) is 4. The quantitative estimate of drug-likeness (QED) is 0.0805. The van der Waals surface area contributed by atoms with Gasteiger partial charge < -0.3 is 39.8 Å². The van der Waals surface area contributed by atoms with E-state index in [2.05, 4.69) is 81.0 Å². The Morgan fingerprint density at radius 2 is 1.69 bits per heavy atom. The summed E-state index contributed by atoms with van der Waals surface area (Å²) in [6.07, 6.45) is 6.36. The number of alkyl carbamates (subject to hydrolysis) is 2. The first kappa shape index (κ1) is 40.4. The number of rotatable bonds is 15. The molecule has 1 unspecified atom stereocenters.